The van der Waals surface area contributed by atoms with Gasteiger partial charge in [-0.25, -0.2) is 4.79 Å². The van der Waals surface area contributed by atoms with E-state index in [1.807, 2.05) is 55.6 Å². The van der Waals surface area contributed by atoms with E-state index in [9.17, 15) is 9.59 Å². The van der Waals surface area contributed by atoms with Crippen molar-refractivity contribution in [1.82, 2.24) is 0 Å². The van der Waals surface area contributed by atoms with Crippen molar-refractivity contribution in [3.63, 3.8) is 0 Å². The fourth-order valence-corrected chi connectivity index (χ4v) is 3.35. The summed E-state index contributed by atoms with van der Waals surface area (Å²) < 4.78 is 10.6. The van der Waals surface area contributed by atoms with Gasteiger partial charge in [0.15, 0.2) is 0 Å². The molecule has 2 N–H and O–H groups in total. The number of nitrogens with one attached hydrogen (secondary N) is 2. The molecule has 4 rings (SSSR count). The van der Waals surface area contributed by atoms with Crippen molar-refractivity contribution in [3.8, 4) is 22.6 Å². The first kappa shape index (κ1) is 22.6. The van der Waals surface area contributed by atoms with Crippen molar-refractivity contribution in [3.05, 3.63) is 108 Å². The number of rotatable bonds is 7. The molecule has 0 atom stereocenters. The van der Waals surface area contributed by atoms with Gasteiger partial charge in [-0.2, -0.15) is 0 Å². The third kappa shape index (κ3) is 5.42. The molecule has 0 heterocycles. The predicted octanol–water partition coefficient (Wildman–Crippen LogP) is 5.88. The Bertz CT molecular complexity index is 1160. The van der Waals surface area contributed by atoms with Gasteiger partial charge in [0.25, 0.3) is 5.91 Å². The molecule has 0 fully saturated rings. The molecule has 6 nitrogen and oxygen atoms in total. The van der Waals surface area contributed by atoms with E-state index in [0.29, 0.717) is 28.3 Å². The van der Waals surface area contributed by atoms with Crippen LogP contribution in [-0.2, 0) is 0 Å². The zero-order valence-corrected chi connectivity index (χ0v) is 18.9. The van der Waals surface area contributed by atoms with Crippen molar-refractivity contribution in [2.45, 2.75) is 0 Å². The molecule has 0 aromatic heterocycles. The van der Waals surface area contributed by atoms with Crippen LogP contribution in [0.25, 0.3) is 11.1 Å². The van der Waals surface area contributed by atoms with Crippen molar-refractivity contribution in [1.29, 1.82) is 0 Å². The van der Waals surface area contributed by atoms with Crippen molar-refractivity contribution in [2.75, 3.05) is 24.8 Å². The molecule has 0 aliphatic carbocycles. The largest absolute Gasteiger partial charge is 0.497 e. The van der Waals surface area contributed by atoms with Crippen LogP contribution in [-0.4, -0.2) is 26.0 Å². The molecule has 0 spiro atoms. The lowest BCUT2D eigenvalue weighted by Crippen LogP contribution is -2.11. The monoisotopic (exact) mass is 452 g/mol. The van der Waals surface area contributed by atoms with Crippen molar-refractivity contribution < 1.29 is 19.1 Å². The highest BCUT2D eigenvalue weighted by Crippen LogP contribution is 2.25. The van der Waals surface area contributed by atoms with E-state index >= 15 is 0 Å². The molecule has 0 aliphatic heterocycles. The summed E-state index contributed by atoms with van der Waals surface area (Å²) in [7, 11) is 3.40. The van der Waals surface area contributed by atoms with Gasteiger partial charge in [0.05, 0.1) is 12.7 Å². The Morgan fingerprint density at radius 3 is 1.68 bits per heavy atom. The summed E-state index contributed by atoms with van der Waals surface area (Å²) in [4.78, 5) is 24.8. The van der Waals surface area contributed by atoms with Gasteiger partial charge in [0.1, 0.15) is 11.5 Å². The quantitative estimate of drug-likeness (QED) is 0.271. The number of amides is 1. The third-order valence-corrected chi connectivity index (χ3v) is 5.30. The molecule has 0 saturated heterocycles. The van der Waals surface area contributed by atoms with Crippen LogP contribution in [0.3, 0.4) is 0 Å². The summed E-state index contributed by atoms with van der Waals surface area (Å²) in [6, 6.07) is 28.8. The number of carbonyl (C=O) groups excluding carboxylic acids is 2. The summed E-state index contributed by atoms with van der Waals surface area (Å²) in [5.41, 5.74) is 4.62. The number of benzene rings is 4. The Morgan fingerprint density at radius 2 is 1.12 bits per heavy atom. The van der Waals surface area contributed by atoms with Crippen LogP contribution in [0.5, 0.6) is 11.5 Å². The summed E-state index contributed by atoms with van der Waals surface area (Å²) in [5.74, 6) is 0.530. The third-order valence-electron chi connectivity index (χ3n) is 5.30. The molecule has 1 amide bonds. The van der Waals surface area contributed by atoms with Crippen LogP contribution in [0, 0.1) is 0 Å². The normalized spacial score (nSPS) is 10.3. The summed E-state index contributed by atoms with van der Waals surface area (Å²) in [6.45, 7) is 0. The number of methoxy groups -OCH3 is 1. The number of esters is 1. The van der Waals surface area contributed by atoms with Gasteiger partial charge in [0.2, 0.25) is 0 Å². The highest BCUT2D eigenvalue weighted by Gasteiger charge is 2.10. The smallest absolute Gasteiger partial charge is 0.343 e. The van der Waals surface area contributed by atoms with Gasteiger partial charge in [-0.05, 0) is 83.9 Å². The lowest BCUT2D eigenvalue weighted by Gasteiger charge is -2.09. The van der Waals surface area contributed by atoms with E-state index < -0.39 is 5.97 Å². The minimum absolute atomic E-state index is 0.168. The average molecular weight is 453 g/mol. The highest BCUT2D eigenvalue weighted by atomic mass is 16.5. The molecule has 0 saturated carbocycles. The van der Waals surface area contributed by atoms with E-state index in [0.717, 1.165) is 16.8 Å². The highest BCUT2D eigenvalue weighted by molar-refractivity contribution is 6.04. The molecule has 6 heteroatoms. The molecule has 34 heavy (non-hydrogen) atoms. The second kappa shape index (κ2) is 10.4. The van der Waals surface area contributed by atoms with Crippen molar-refractivity contribution >= 4 is 23.3 Å². The number of anilines is 2. The summed E-state index contributed by atoms with van der Waals surface area (Å²) >= 11 is 0. The standard InChI is InChI=1S/C28H24N2O4/c1-29-23-11-5-21(6-12-23)27(31)30-24-13-3-19(4-14-24)20-7-17-26(18-8-20)34-28(32)22-9-15-25(33-2)16-10-22/h3-18,29H,1-2H3,(H,30,31). The lowest BCUT2D eigenvalue weighted by atomic mass is 10.1. The van der Waals surface area contributed by atoms with Crippen LogP contribution in [0.1, 0.15) is 20.7 Å². The molecule has 0 bridgehead atoms. The van der Waals surface area contributed by atoms with Crippen molar-refractivity contribution in [2.24, 2.45) is 0 Å². The topological polar surface area (TPSA) is 76.7 Å². The molecule has 4 aromatic carbocycles. The van der Waals surface area contributed by atoms with Gasteiger partial charge < -0.3 is 20.1 Å². The Kier molecular flexibility index (Phi) is 6.89. The Labute approximate surface area is 198 Å². The van der Waals surface area contributed by atoms with Crippen LogP contribution in [0.15, 0.2) is 97.1 Å². The summed E-state index contributed by atoms with van der Waals surface area (Å²) in [6.07, 6.45) is 0. The molecule has 170 valence electrons. The molecule has 0 unspecified atom stereocenters. The van der Waals surface area contributed by atoms with E-state index in [1.54, 1.807) is 55.6 Å². The number of ether oxygens (including phenoxy) is 2. The fourth-order valence-electron chi connectivity index (χ4n) is 3.35. The van der Waals surface area contributed by atoms with E-state index in [1.165, 1.54) is 0 Å². The van der Waals surface area contributed by atoms with Crippen LogP contribution >= 0.6 is 0 Å². The first-order valence-corrected chi connectivity index (χ1v) is 10.7. The number of hydrogen-bond donors (Lipinski definition) is 2. The molecule has 0 aliphatic rings. The predicted molar refractivity (Wildman–Crippen MR) is 134 cm³/mol. The second-order valence-electron chi connectivity index (χ2n) is 7.50. The van der Waals surface area contributed by atoms with Gasteiger partial charge >= 0.3 is 5.97 Å². The Hall–Kier alpha value is -4.58. The van der Waals surface area contributed by atoms with E-state index in [2.05, 4.69) is 10.6 Å². The minimum Gasteiger partial charge on any atom is -0.497 e. The first-order chi connectivity index (χ1) is 16.6. The van der Waals surface area contributed by atoms with Crippen LogP contribution in [0.4, 0.5) is 11.4 Å². The van der Waals surface area contributed by atoms with Gasteiger partial charge in [-0.3, -0.25) is 4.79 Å². The van der Waals surface area contributed by atoms with E-state index in [-0.39, 0.29) is 5.91 Å². The van der Waals surface area contributed by atoms with Gasteiger partial charge in [-0.1, -0.05) is 24.3 Å². The lowest BCUT2D eigenvalue weighted by molar-refractivity contribution is 0.0734. The molecular weight excluding hydrogens is 428 g/mol. The maximum absolute atomic E-state index is 12.4. The first-order valence-electron chi connectivity index (χ1n) is 10.7. The molecule has 0 radical (unpaired) electrons. The fraction of sp³-hybridized carbons (Fsp3) is 0.0714. The van der Waals surface area contributed by atoms with E-state index in [4.69, 9.17) is 9.47 Å². The zero-order valence-electron chi connectivity index (χ0n) is 18.9. The molecule has 4 aromatic rings. The number of carbonyl (C=O) groups is 2. The van der Waals surface area contributed by atoms with Crippen LogP contribution in [0.2, 0.25) is 0 Å². The zero-order chi connectivity index (χ0) is 23.9. The second-order valence-corrected chi connectivity index (χ2v) is 7.50. The Morgan fingerprint density at radius 1 is 0.618 bits per heavy atom. The molecular formula is C28H24N2O4. The summed E-state index contributed by atoms with van der Waals surface area (Å²) in [5, 5.41) is 5.93. The SMILES string of the molecule is CNc1ccc(C(=O)Nc2ccc(-c3ccc(OC(=O)c4ccc(OC)cc4)cc3)cc2)cc1. The maximum atomic E-state index is 12.4. The Balaban J connectivity index is 1.37. The minimum atomic E-state index is -0.434. The van der Waals surface area contributed by atoms with Gasteiger partial charge in [0, 0.05) is 24.0 Å². The average Bonchev–Trinajstić information content (AvgIpc) is 2.89. The maximum Gasteiger partial charge on any atom is 0.343 e. The van der Waals surface area contributed by atoms with Gasteiger partial charge in [-0.15, -0.1) is 0 Å². The van der Waals surface area contributed by atoms with Crippen LogP contribution < -0.4 is 20.1 Å². The number of hydrogen-bond acceptors (Lipinski definition) is 5.